The molecule has 0 aliphatic rings. The van der Waals surface area contributed by atoms with Crippen molar-refractivity contribution in [2.24, 2.45) is 0 Å². The molecule has 0 aromatic heterocycles. The molecule has 0 saturated carbocycles. The van der Waals surface area contributed by atoms with Crippen molar-refractivity contribution in [3.63, 3.8) is 0 Å². The van der Waals surface area contributed by atoms with Crippen molar-refractivity contribution in [3.8, 4) is 0 Å². The number of hydrogen-bond donors (Lipinski definition) is 0. The van der Waals surface area contributed by atoms with Gasteiger partial charge >= 0.3 is 0 Å². The predicted molar refractivity (Wildman–Crippen MR) is 46.0 cm³/mol. The predicted octanol–water partition coefficient (Wildman–Crippen LogP) is 2.95. The van der Waals surface area contributed by atoms with Crippen LogP contribution in [-0.4, -0.2) is 0 Å². The zero-order valence-electron chi connectivity index (χ0n) is 6.38. The first kappa shape index (κ1) is 8.57. The standard InChI is InChI=1S/C9H10ClO/c1-8(10)11-7-9-5-3-2-4-6-9/h2-6H,7H2,1H3. The molecule has 0 unspecified atom stereocenters. The Labute approximate surface area is 71.9 Å². The Kier molecular flexibility index (Phi) is 3.40. The summed E-state index contributed by atoms with van der Waals surface area (Å²) in [6, 6.07) is 9.92. The third-order valence-electron chi connectivity index (χ3n) is 1.28. The molecule has 59 valence electrons. The summed E-state index contributed by atoms with van der Waals surface area (Å²) in [5.41, 5.74) is 1.61. The molecule has 0 bridgehead atoms. The van der Waals surface area contributed by atoms with E-state index < -0.39 is 0 Å². The van der Waals surface area contributed by atoms with Crippen LogP contribution in [0.3, 0.4) is 0 Å². The molecule has 0 fully saturated rings. The van der Waals surface area contributed by atoms with E-state index in [0.29, 0.717) is 12.2 Å². The van der Waals surface area contributed by atoms with Crippen molar-refractivity contribution in [3.05, 3.63) is 41.5 Å². The van der Waals surface area contributed by atoms with Crippen LogP contribution < -0.4 is 0 Å². The SMILES string of the molecule is C[C](Cl)OCc1ccccc1. The van der Waals surface area contributed by atoms with Gasteiger partial charge in [0.2, 0.25) is 0 Å². The summed E-state index contributed by atoms with van der Waals surface area (Å²) in [7, 11) is 0. The van der Waals surface area contributed by atoms with E-state index >= 15 is 0 Å². The maximum Gasteiger partial charge on any atom is 0.181 e. The second kappa shape index (κ2) is 4.37. The lowest BCUT2D eigenvalue weighted by atomic mass is 10.2. The molecule has 1 nitrogen and oxygen atoms in total. The first-order chi connectivity index (χ1) is 5.29. The molecule has 1 rings (SSSR count). The van der Waals surface area contributed by atoms with Gasteiger partial charge in [-0.2, -0.15) is 0 Å². The number of hydrogen-bond acceptors (Lipinski definition) is 1. The largest absolute Gasteiger partial charge is 0.351 e. The van der Waals surface area contributed by atoms with E-state index in [1.807, 2.05) is 30.3 Å². The fraction of sp³-hybridized carbons (Fsp3) is 0.222. The van der Waals surface area contributed by atoms with Crippen molar-refractivity contribution in [2.75, 3.05) is 0 Å². The molecule has 0 heterocycles. The molecular formula is C9H10ClO. The summed E-state index contributed by atoms with van der Waals surface area (Å²) in [5, 5.41) is 0. The Hall–Kier alpha value is -0.530. The fourth-order valence-electron chi connectivity index (χ4n) is 0.757. The highest BCUT2D eigenvalue weighted by atomic mass is 35.5. The van der Waals surface area contributed by atoms with E-state index in [0.717, 1.165) is 5.56 Å². The van der Waals surface area contributed by atoms with Gasteiger partial charge in [-0.3, -0.25) is 0 Å². The monoisotopic (exact) mass is 169 g/mol. The molecule has 2 heteroatoms. The maximum atomic E-state index is 5.52. The fourth-order valence-corrected chi connectivity index (χ4v) is 0.812. The van der Waals surface area contributed by atoms with Gasteiger partial charge < -0.3 is 4.74 Å². The molecule has 0 aliphatic heterocycles. The smallest absolute Gasteiger partial charge is 0.181 e. The minimum absolute atomic E-state index is 0.480. The van der Waals surface area contributed by atoms with Crippen molar-refractivity contribution in [2.45, 2.75) is 13.5 Å². The van der Waals surface area contributed by atoms with Crippen molar-refractivity contribution in [1.82, 2.24) is 0 Å². The lowest BCUT2D eigenvalue weighted by Gasteiger charge is -2.03. The summed E-state index contributed by atoms with van der Waals surface area (Å²) in [4.78, 5) is 0. The van der Waals surface area contributed by atoms with Gasteiger partial charge in [-0.1, -0.05) is 41.9 Å². The van der Waals surface area contributed by atoms with Gasteiger partial charge in [-0.25, -0.2) is 0 Å². The minimum Gasteiger partial charge on any atom is -0.351 e. The Morgan fingerprint density at radius 2 is 2.00 bits per heavy atom. The second-order valence-corrected chi connectivity index (χ2v) is 2.78. The number of rotatable bonds is 3. The number of halogens is 1. The second-order valence-electron chi connectivity index (χ2n) is 2.24. The van der Waals surface area contributed by atoms with E-state index in [2.05, 4.69) is 0 Å². The van der Waals surface area contributed by atoms with Crippen molar-refractivity contribution < 1.29 is 4.74 Å². The molecule has 0 atom stereocenters. The average Bonchev–Trinajstić information content (AvgIpc) is 2.03. The van der Waals surface area contributed by atoms with Crippen LogP contribution in [0, 0.1) is 5.56 Å². The Morgan fingerprint density at radius 3 is 2.55 bits per heavy atom. The third-order valence-corrected chi connectivity index (χ3v) is 1.39. The molecule has 0 amide bonds. The van der Waals surface area contributed by atoms with Crippen molar-refractivity contribution in [1.29, 1.82) is 0 Å². The molecule has 0 N–H and O–H groups in total. The summed E-state index contributed by atoms with van der Waals surface area (Å²) >= 11 is 5.52. The van der Waals surface area contributed by atoms with Crippen molar-refractivity contribution >= 4 is 11.6 Å². The average molecular weight is 170 g/mol. The zero-order chi connectivity index (χ0) is 8.10. The highest BCUT2D eigenvalue weighted by Gasteiger charge is 1.96. The molecule has 1 aromatic carbocycles. The van der Waals surface area contributed by atoms with Gasteiger partial charge in [0, 0.05) is 0 Å². The summed E-state index contributed by atoms with van der Waals surface area (Å²) in [6.45, 7) is 2.28. The maximum absolute atomic E-state index is 5.52. The van der Waals surface area contributed by atoms with Crippen LogP contribution in [0.5, 0.6) is 0 Å². The Balaban J connectivity index is 2.39. The van der Waals surface area contributed by atoms with Crippen LogP contribution in [0.2, 0.25) is 0 Å². The van der Waals surface area contributed by atoms with E-state index in [4.69, 9.17) is 16.3 Å². The lowest BCUT2D eigenvalue weighted by Crippen LogP contribution is -1.91. The Morgan fingerprint density at radius 1 is 1.36 bits per heavy atom. The first-order valence-corrected chi connectivity index (χ1v) is 3.82. The van der Waals surface area contributed by atoms with Crippen LogP contribution in [0.25, 0.3) is 0 Å². The van der Waals surface area contributed by atoms with E-state index in [9.17, 15) is 0 Å². The molecule has 1 radical (unpaired) electrons. The van der Waals surface area contributed by atoms with E-state index in [-0.39, 0.29) is 0 Å². The summed E-state index contributed by atoms with van der Waals surface area (Å²) in [6.07, 6.45) is 0. The van der Waals surface area contributed by atoms with Gasteiger partial charge in [0.25, 0.3) is 0 Å². The van der Waals surface area contributed by atoms with Crippen LogP contribution in [0.1, 0.15) is 12.5 Å². The molecular weight excluding hydrogens is 160 g/mol. The molecule has 11 heavy (non-hydrogen) atoms. The first-order valence-electron chi connectivity index (χ1n) is 3.45. The van der Waals surface area contributed by atoms with Gasteiger partial charge in [0.05, 0.1) is 6.61 Å². The number of ether oxygens (including phenoxy) is 1. The molecule has 0 saturated heterocycles. The van der Waals surface area contributed by atoms with Gasteiger partial charge in [-0.15, -0.1) is 0 Å². The highest BCUT2D eigenvalue weighted by Crippen LogP contribution is 2.10. The normalized spacial score (nSPS) is 10.5. The quantitative estimate of drug-likeness (QED) is 0.676. The van der Waals surface area contributed by atoms with Gasteiger partial charge in [0.1, 0.15) is 0 Å². The van der Waals surface area contributed by atoms with E-state index in [1.54, 1.807) is 6.92 Å². The van der Waals surface area contributed by atoms with Crippen LogP contribution >= 0.6 is 11.6 Å². The molecule has 0 aliphatic carbocycles. The third kappa shape index (κ3) is 3.40. The van der Waals surface area contributed by atoms with Gasteiger partial charge in [-0.05, 0) is 12.5 Å². The molecule has 0 spiro atoms. The van der Waals surface area contributed by atoms with Crippen LogP contribution in [-0.2, 0) is 11.3 Å². The number of benzene rings is 1. The van der Waals surface area contributed by atoms with E-state index in [1.165, 1.54) is 0 Å². The van der Waals surface area contributed by atoms with Crippen LogP contribution in [0.15, 0.2) is 30.3 Å². The Bertz CT molecular complexity index is 196. The van der Waals surface area contributed by atoms with Gasteiger partial charge in [0.15, 0.2) is 5.56 Å². The van der Waals surface area contributed by atoms with Crippen LogP contribution in [0.4, 0.5) is 0 Å². The lowest BCUT2D eigenvalue weighted by molar-refractivity contribution is 0.172. The topological polar surface area (TPSA) is 9.23 Å². The minimum atomic E-state index is 0.480. The zero-order valence-corrected chi connectivity index (χ0v) is 7.14. The molecule has 1 aromatic rings. The summed E-state index contributed by atoms with van der Waals surface area (Å²) < 4.78 is 5.11. The summed E-state index contributed by atoms with van der Waals surface area (Å²) in [5.74, 6) is 0. The highest BCUT2D eigenvalue weighted by molar-refractivity contribution is 6.25.